The fourth-order valence-electron chi connectivity index (χ4n) is 4.88. The molecular weight excluding hydrogens is 560 g/mol. The third-order valence-corrected chi connectivity index (χ3v) is 7.36. The number of hydrogen-bond acceptors (Lipinski definition) is 4. The Hall–Kier alpha value is -3.31. The number of urea groups is 1. The van der Waals surface area contributed by atoms with Gasteiger partial charge in [-0.25, -0.2) is 4.79 Å². The Labute approximate surface area is 232 Å². The van der Waals surface area contributed by atoms with E-state index < -0.39 is 60.5 Å². The minimum atomic E-state index is -4.58. The fourth-order valence-corrected chi connectivity index (χ4v) is 5.36. The maximum atomic E-state index is 13.4. The molecule has 1 saturated heterocycles. The highest BCUT2D eigenvalue weighted by Gasteiger charge is 2.47. The lowest BCUT2D eigenvalue weighted by atomic mass is 9.81. The Morgan fingerprint density at radius 1 is 0.974 bits per heavy atom. The summed E-state index contributed by atoms with van der Waals surface area (Å²) in [4.78, 5) is 54.1. The SMILES string of the molecule is O=C(CN1C(=O)C2CCCCC2N(CC(=O)Nc2cccc(C(F)(F)F)c2)C1=O)NCc1ccc(Cl)cc1Cl. The predicted molar refractivity (Wildman–Crippen MR) is 138 cm³/mol. The van der Waals surface area contributed by atoms with E-state index in [1.807, 2.05) is 0 Å². The maximum absolute atomic E-state index is 13.4. The first-order valence-corrected chi connectivity index (χ1v) is 13.0. The number of nitrogens with one attached hydrogen (secondary N) is 2. The van der Waals surface area contributed by atoms with Crippen LogP contribution in [0.25, 0.3) is 0 Å². The van der Waals surface area contributed by atoms with Gasteiger partial charge in [-0.1, -0.05) is 48.2 Å². The summed E-state index contributed by atoms with van der Waals surface area (Å²) in [5.41, 5.74) is -0.414. The van der Waals surface area contributed by atoms with Crippen LogP contribution in [0.1, 0.15) is 36.8 Å². The first-order valence-electron chi connectivity index (χ1n) is 12.2. The first kappa shape index (κ1) is 28.7. The number of alkyl halides is 3. The van der Waals surface area contributed by atoms with Crippen LogP contribution in [0.15, 0.2) is 42.5 Å². The number of nitrogens with zero attached hydrogens (tertiary/aromatic N) is 2. The molecule has 2 unspecified atom stereocenters. The molecule has 2 N–H and O–H groups in total. The summed E-state index contributed by atoms with van der Waals surface area (Å²) < 4.78 is 39.1. The van der Waals surface area contributed by atoms with Crippen molar-refractivity contribution in [3.8, 4) is 0 Å². The monoisotopic (exact) mass is 584 g/mol. The van der Waals surface area contributed by atoms with E-state index in [-0.39, 0.29) is 12.2 Å². The van der Waals surface area contributed by atoms with Crippen molar-refractivity contribution < 1.29 is 32.3 Å². The van der Waals surface area contributed by atoms with Gasteiger partial charge in [-0.05, 0) is 48.7 Å². The van der Waals surface area contributed by atoms with Crippen LogP contribution >= 0.6 is 23.2 Å². The van der Waals surface area contributed by atoms with Gasteiger partial charge in [0.1, 0.15) is 13.1 Å². The molecular formula is C26H25Cl2F3N4O4. The predicted octanol–water partition coefficient (Wildman–Crippen LogP) is 5.09. The Balaban J connectivity index is 1.45. The highest BCUT2D eigenvalue weighted by atomic mass is 35.5. The zero-order chi connectivity index (χ0) is 28.3. The summed E-state index contributed by atoms with van der Waals surface area (Å²) in [5, 5.41) is 5.79. The van der Waals surface area contributed by atoms with E-state index in [0.717, 1.165) is 35.9 Å². The molecule has 13 heteroatoms. The Kier molecular flexibility index (Phi) is 8.70. The van der Waals surface area contributed by atoms with E-state index in [1.54, 1.807) is 12.1 Å². The lowest BCUT2D eigenvalue weighted by Crippen LogP contribution is -2.64. The quantitative estimate of drug-likeness (QED) is 0.473. The molecule has 2 fully saturated rings. The topological polar surface area (TPSA) is 98.8 Å². The van der Waals surface area contributed by atoms with Crippen molar-refractivity contribution in [2.24, 2.45) is 5.92 Å². The van der Waals surface area contributed by atoms with Crippen LogP contribution in [0.5, 0.6) is 0 Å². The van der Waals surface area contributed by atoms with Crippen molar-refractivity contribution >= 4 is 52.6 Å². The number of hydrogen-bond donors (Lipinski definition) is 2. The van der Waals surface area contributed by atoms with Gasteiger partial charge in [0, 0.05) is 28.3 Å². The van der Waals surface area contributed by atoms with Crippen LogP contribution in [-0.4, -0.2) is 52.7 Å². The van der Waals surface area contributed by atoms with Crippen molar-refractivity contribution in [1.29, 1.82) is 0 Å². The second-order valence-corrected chi connectivity index (χ2v) is 10.3. The van der Waals surface area contributed by atoms with E-state index in [9.17, 15) is 32.3 Å². The van der Waals surface area contributed by atoms with Crippen LogP contribution < -0.4 is 10.6 Å². The van der Waals surface area contributed by atoms with E-state index in [4.69, 9.17) is 23.2 Å². The number of fused-ring (bicyclic) bond motifs is 1. The maximum Gasteiger partial charge on any atom is 0.416 e. The third kappa shape index (κ3) is 6.83. The average Bonchev–Trinajstić information content (AvgIpc) is 2.88. The summed E-state index contributed by atoms with van der Waals surface area (Å²) in [6, 6.07) is 7.57. The molecule has 4 rings (SSSR count). The zero-order valence-electron chi connectivity index (χ0n) is 20.6. The smallest absolute Gasteiger partial charge is 0.350 e. The molecule has 2 aromatic rings. The number of anilines is 1. The molecule has 5 amide bonds. The van der Waals surface area contributed by atoms with Crippen molar-refractivity contribution in [1.82, 2.24) is 15.1 Å². The lowest BCUT2D eigenvalue weighted by molar-refractivity contribution is -0.144. The van der Waals surface area contributed by atoms with Crippen LogP contribution in [0.3, 0.4) is 0 Å². The molecule has 0 aromatic heterocycles. The van der Waals surface area contributed by atoms with Crippen LogP contribution in [0.2, 0.25) is 10.0 Å². The van der Waals surface area contributed by atoms with Gasteiger partial charge in [0.05, 0.1) is 11.5 Å². The number of amides is 5. The highest BCUT2D eigenvalue weighted by molar-refractivity contribution is 6.35. The summed E-state index contributed by atoms with van der Waals surface area (Å²) in [5.74, 6) is -2.40. The van der Waals surface area contributed by atoms with Crippen molar-refractivity contribution in [2.45, 2.75) is 44.4 Å². The molecule has 0 radical (unpaired) electrons. The van der Waals surface area contributed by atoms with E-state index >= 15 is 0 Å². The van der Waals surface area contributed by atoms with E-state index in [1.165, 1.54) is 17.0 Å². The summed E-state index contributed by atoms with van der Waals surface area (Å²) in [7, 11) is 0. The molecule has 208 valence electrons. The fraction of sp³-hybridized carbons (Fsp3) is 0.385. The molecule has 0 spiro atoms. The van der Waals surface area contributed by atoms with Crippen LogP contribution in [0.4, 0.5) is 23.7 Å². The lowest BCUT2D eigenvalue weighted by Gasteiger charge is -2.46. The summed E-state index contributed by atoms with van der Waals surface area (Å²) in [6.07, 6.45) is -2.11. The van der Waals surface area contributed by atoms with E-state index in [2.05, 4.69) is 10.6 Å². The molecule has 2 atom stereocenters. The standard InChI is InChI=1S/C26H25Cl2F3N4O4/c27-17-9-8-15(20(28)11-17)12-32-22(36)13-35-24(38)19-6-1-2-7-21(19)34(25(35)39)14-23(37)33-18-5-3-4-16(10-18)26(29,30)31/h3-5,8-11,19,21H,1-2,6-7,12-14H2,(H,32,36)(H,33,37). The van der Waals surface area contributed by atoms with Gasteiger partial charge in [0.2, 0.25) is 17.7 Å². The highest BCUT2D eigenvalue weighted by Crippen LogP contribution is 2.35. The van der Waals surface area contributed by atoms with Crippen LogP contribution in [0, 0.1) is 5.92 Å². The molecule has 1 saturated carbocycles. The minimum Gasteiger partial charge on any atom is -0.350 e. The summed E-state index contributed by atoms with van der Waals surface area (Å²) in [6.45, 7) is -1.000. The third-order valence-electron chi connectivity index (χ3n) is 6.77. The second kappa shape index (κ2) is 11.8. The Bertz CT molecular complexity index is 1290. The van der Waals surface area contributed by atoms with Gasteiger partial charge in [0.25, 0.3) is 0 Å². The van der Waals surface area contributed by atoms with Gasteiger partial charge in [0.15, 0.2) is 0 Å². The number of halogens is 5. The number of rotatable bonds is 7. The van der Waals surface area contributed by atoms with Gasteiger partial charge in [-0.2, -0.15) is 13.2 Å². The first-order chi connectivity index (χ1) is 18.4. The Morgan fingerprint density at radius 2 is 1.72 bits per heavy atom. The molecule has 1 aliphatic carbocycles. The average molecular weight is 585 g/mol. The van der Waals surface area contributed by atoms with Gasteiger partial charge < -0.3 is 15.5 Å². The molecule has 2 aliphatic rings. The molecule has 1 heterocycles. The number of carbonyl (C=O) groups is 4. The molecule has 8 nitrogen and oxygen atoms in total. The molecule has 2 aromatic carbocycles. The van der Waals surface area contributed by atoms with Gasteiger partial charge in [-0.15, -0.1) is 0 Å². The van der Waals surface area contributed by atoms with Crippen LogP contribution in [-0.2, 0) is 27.1 Å². The molecule has 1 aliphatic heterocycles. The summed E-state index contributed by atoms with van der Waals surface area (Å²) >= 11 is 12.0. The largest absolute Gasteiger partial charge is 0.416 e. The zero-order valence-corrected chi connectivity index (χ0v) is 22.1. The van der Waals surface area contributed by atoms with Crippen molar-refractivity contribution in [3.63, 3.8) is 0 Å². The van der Waals surface area contributed by atoms with E-state index in [0.29, 0.717) is 28.5 Å². The number of imide groups is 1. The minimum absolute atomic E-state index is 0.0419. The van der Waals surface area contributed by atoms with Crippen molar-refractivity contribution in [3.05, 3.63) is 63.6 Å². The van der Waals surface area contributed by atoms with Gasteiger partial charge >= 0.3 is 12.2 Å². The number of benzene rings is 2. The normalized spacial score (nSPS) is 19.5. The second-order valence-electron chi connectivity index (χ2n) is 9.43. The van der Waals surface area contributed by atoms with Gasteiger partial charge in [-0.3, -0.25) is 19.3 Å². The Morgan fingerprint density at radius 3 is 2.44 bits per heavy atom. The molecule has 0 bridgehead atoms. The molecule has 39 heavy (non-hydrogen) atoms. The van der Waals surface area contributed by atoms with Crippen molar-refractivity contribution in [2.75, 3.05) is 18.4 Å². The number of carbonyl (C=O) groups excluding carboxylic acids is 4.